The minimum absolute atomic E-state index is 0.0628. The van der Waals surface area contributed by atoms with Crippen LogP contribution in [0.4, 0.5) is 0 Å². The van der Waals surface area contributed by atoms with Gasteiger partial charge >= 0.3 is 17.9 Å². The second-order valence-corrected chi connectivity index (χ2v) is 17.9. The zero-order valence-electron chi connectivity index (χ0n) is 38.8. The van der Waals surface area contributed by atoms with E-state index in [-0.39, 0.29) is 31.1 Å². The van der Waals surface area contributed by atoms with Crippen LogP contribution in [0.25, 0.3) is 0 Å². The highest BCUT2D eigenvalue weighted by atomic mass is 16.6. The highest BCUT2D eigenvalue weighted by Gasteiger charge is 2.19. The van der Waals surface area contributed by atoms with Crippen molar-refractivity contribution in [1.29, 1.82) is 0 Å². The van der Waals surface area contributed by atoms with Gasteiger partial charge in [-0.1, -0.05) is 246 Å². The van der Waals surface area contributed by atoms with Gasteiger partial charge in [0, 0.05) is 19.3 Å². The molecule has 0 saturated heterocycles. The van der Waals surface area contributed by atoms with Crippen molar-refractivity contribution in [2.75, 3.05) is 13.2 Å². The Labute approximate surface area is 355 Å². The van der Waals surface area contributed by atoms with E-state index in [2.05, 4.69) is 27.7 Å². The fraction of sp³-hybridized carbons (Fsp3) is 0.941. The Balaban J connectivity index is 4.28. The molecule has 0 rings (SSSR count). The summed E-state index contributed by atoms with van der Waals surface area (Å²) in [5.41, 5.74) is 0. The SMILES string of the molecule is CCCCCCCCCCCCCCC(=O)OC[C@H](COC(=O)CCCCCCCCCCCCCCCC(C)C)OC(=O)CCCCCCCCCCCCC. The van der Waals surface area contributed by atoms with Crippen molar-refractivity contribution in [3.8, 4) is 0 Å². The molecule has 6 heteroatoms. The predicted octanol–water partition coefficient (Wildman–Crippen LogP) is 16.3. The van der Waals surface area contributed by atoms with Crippen molar-refractivity contribution in [2.45, 2.75) is 291 Å². The van der Waals surface area contributed by atoms with Crippen LogP contribution in [0.3, 0.4) is 0 Å². The van der Waals surface area contributed by atoms with E-state index in [0.717, 1.165) is 63.7 Å². The van der Waals surface area contributed by atoms with Crippen molar-refractivity contribution >= 4 is 17.9 Å². The predicted molar refractivity (Wildman–Crippen MR) is 243 cm³/mol. The number of rotatable bonds is 46. The molecule has 338 valence electrons. The minimum Gasteiger partial charge on any atom is -0.462 e. The molecule has 0 aromatic carbocycles. The second kappa shape index (κ2) is 45.5. The first kappa shape index (κ1) is 55.4. The van der Waals surface area contributed by atoms with Gasteiger partial charge in [0.25, 0.3) is 0 Å². The van der Waals surface area contributed by atoms with E-state index in [9.17, 15) is 14.4 Å². The molecule has 0 aliphatic rings. The third kappa shape index (κ3) is 45.3. The molecule has 0 radical (unpaired) electrons. The Morgan fingerprint density at radius 3 is 0.860 bits per heavy atom. The lowest BCUT2D eigenvalue weighted by atomic mass is 10.0. The molecular weight excluding hydrogens is 709 g/mol. The molecule has 0 saturated carbocycles. The molecule has 0 bridgehead atoms. The third-order valence-electron chi connectivity index (χ3n) is 11.5. The van der Waals surface area contributed by atoms with E-state index in [1.165, 1.54) is 180 Å². The molecular formula is C51H98O6. The fourth-order valence-corrected chi connectivity index (χ4v) is 7.69. The molecule has 0 N–H and O–H groups in total. The lowest BCUT2D eigenvalue weighted by Crippen LogP contribution is -2.30. The summed E-state index contributed by atoms with van der Waals surface area (Å²) in [5.74, 6) is -0.00645. The maximum Gasteiger partial charge on any atom is 0.306 e. The second-order valence-electron chi connectivity index (χ2n) is 17.9. The first-order valence-corrected chi connectivity index (χ1v) is 25.4. The number of carbonyl (C=O) groups is 3. The van der Waals surface area contributed by atoms with Crippen molar-refractivity contribution in [3.05, 3.63) is 0 Å². The molecule has 0 amide bonds. The lowest BCUT2D eigenvalue weighted by Gasteiger charge is -2.18. The Morgan fingerprint density at radius 1 is 0.333 bits per heavy atom. The van der Waals surface area contributed by atoms with Crippen molar-refractivity contribution in [3.63, 3.8) is 0 Å². The number of esters is 3. The van der Waals surface area contributed by atoms with E-state index in [1.54, 1.807) is 0 Å². The summed E-state index contributed by atoms with van der Waals surface area (Å²) in [6.45, 7) is 9.02. The summed E-state index contributed by atoms with van der Waals surface area (Å²) >= 11 is 0. The summed E-state index contributed by atoms with van der Waals surface area (Å²) in [4.78, 5) is 37.9. The van der Waals surface area contributed by atoms with Gasteiger partial charge in [0.2, 0.25) is 0 Å². The zero-order valence-corrected chi connectivity index (χ0v) is 38.8. The molecule has 0 heterocycles. The number of hydrogen-bond donors (Lipinski definition) is 0. The zero-order chi connectivity index (χ0) is 41.7. The molecule has 0 aliphatic carbocycles. The first-order valence-electron chi connectivity index (χ1n) is 25.4. The van der Waals surface area contributed by atoms with Gasteiger partial charge in [-0.05, 0) is 25.2 Å². The van der Waals surface area contributed by atoms with Gasteiger partial charge in [-0.15, -0.1) is 0 Å². The van der Waals surface area contributed by atoms with Crippen LogP contribution in [0.15, 0.2) is 0 Å². The van der Waals surface area contributed by atoms with Crippen molar-refractivity contribution in [1.82, 2.24) is 0 Å². The Bertz CT molecular complexity index is 857. The average Bonchev–Trinajstić information content (AvgIpc) is 3.19. The molecule has 0 unspecified atom stereocenters. The van der Waals surface area contributed by atoms with E-state index in [4.69, 9.17) is 14.2 Å². The highest BCUT2D eigenvalue weighted by Crippen LogP contribution is 2.17. The molecule has 6 nitrogen and oxygen atoms in total. The number of carbonyl (C=O) groups excluding carboxylic acids is 3. The quantitative estimate of drug-likeness (QED) is 0.0346. The maximum atomic E-state index is 12.7. The molecule has 0 aliphatic heterocycles. The number of unbranched alkanes of at least 4 members (excludes halogenated alkanes) is 33. The maximum absolute atomic E-state index is 12.7. The summed E-state index contributed by atoms with van der Waals surface area (Å²) in [6.07, 6.45) is 46.5. The number of hydrogen-bond acceptors (Lipinski definition) is 6. The molecule has 0 aromatic heterocycles. The van der Waals surface area contributed by atoms with Crippen LogP contribution in [0, 0.1) is 5.92 Å². The van der Waals surface area contributed by atoms with Crippen LogP contribution < -0.4 is 0 Å². The molecule has 1 atom stereocenters. The third-order valence-corrected chi connectivity index (χ3v) is 11.5. The highest BCUT2D eigenvalue weighted by molar-refractivity contribution is 5.71. The summed E-state index contributed by atoms with van der Waals surface area (Å²) in [7, 11) is 0. The summed E-state index contributed by atoms with van der Waals surface area (Å²) < 4.78 is 16.8. The topological polar surface area (TPSA) is 78.9 Å². The lowest BCUT2D eigenvalue weighted by molar-refractivity contribution is -0.167. The van der Waals surface area contributed by atoms with Crippen LogP contribution in [0.1, 0.15) is 285 Å². The van der Waals surface area contributed by atoms with Gasteiger partial charge in [0.1, 0.15) is 13.2 Å². The van der Waals surface area contributed by atoms with Crippen LogP contribution in [0.5, 0.6) is 0 Å². The van der Waals surface area contributed by atoms with Crippen LogP contribution in [-0.2, 0) is 28.6 Å². The molecule has 0 spiro atoms. The Kier molecular flexibility index (Phi) is 44.2. The van der Waals surface area contributed by atoms with Gasteiger partial charge in [-0.25, -0.2) is 0 Å². The fourth-order valence-electron chi connectivity index (χ4n) is 7.69. The molecule has 57 heavy (non-hydrogen) atoms. The first-order chi connectivity index (χ1) is 27.9. The monoisotopic (exact) mass is 807 g/mol. The van der Waals surface area contributed by atoms with Crippen molar-refractivity contribution < 1.29 is 28.6 Å². The van der Waals surface area contributed by atoms with Gasteiger partial charge in [-0.2, -0.15) is 0 Å². The van der Waals surface area contributed by atoms with E-state index >= 15 is 0 Å². The minimum atomic E-state index is -0.759. The van der Waals surface area contributed by atoms with E-state index < -0.39 is 6.10 Å². The standard InChI is InChI=1S/C51H98O6/c1-5-7-9-11-13-15-17-23-26-30-34-38-42-49(52)55-45-48(57-51(54)44-40-36-32-28-21-16-14-12-10-8-6-2)46-56-50(53)43-39-35-31-27-24-20-18-19-22-25-29-33-37-41-47(3)4/h47-48H,5-46H2,1-4H3/t48-/m1/s1. The van der Waals surface area contributed by atoms with Crippen LogP contribution in [-0.4, -0.2) is 37.2 Å². The largest absolute Gasteiger partial charge is 0.462 e. The van der Waals surface area contributed by atoms with Crippen LogP contribution in [0.2, 0.25) is 0 Å². The van der Waals surface area contributed by atoms with Gasteiger partial charge in [0.05, 0.1) is 0 Å². The molecule has 0 aromatic rings. The Hall–Kier alpha value is -1.59. The molecule has 0 fully saturated rings. The summed E-state index contributed by atoms with van der Waals surface area (Å²) in [5, 5.41) is 0. The van der Waals surface area contributed by atoms with Crippen molar-refractivity contribution in [2.24, 2.45) is 5.92 Å². The number of ether oxygens (including phenoxy) is 3. The Morgan fingerprint density at radius 2 is 0.579 bits per heavy atom. The van der Waals surface area contributed by atoms with E-state index in [1.807, 2.05) is 0 Å². The van der Waals surface area contributed by atoms with E-state index in [0.29, 0.717) is 19.3 Å². The normalized spacial score (nSPS) is 11.9. The smallest absolute Gasteiger partial charge is 0.306 e. The summed E-state index contributed by atoms with van der Waals surface area (Å²) in [6, 6.07) is 0. The van der Waals surface area contributed by atoms with Crippen LogP contribution >= 0.6 is 0 Å². The van der Waals surface area contributed by atoms with Gasteiger partial charge < -0.3 is 14.2 Å². The van der Waals surface area contributed by atoms with Gasteiger partial charge in [-0.3, -0.25) is 14.4 Å². The van der Waals surface area contributed by atoms with Gasteiger partial charge in [0.15, 0.2) is 6.10 Å². The average molecular weight is 807 g/mol.